The second-order valence-electron chi connectivity index (χ2n) is 3.98. The number of carbonyl (C=O) groups is 1. The van der Waals surface area contributed by atoms with Crippen molar-refractivity contribution >= 4 is 5.91 Å². The summed E-state index contributed by atoms with van der Waals surface area (Å²) in [7, 11) is 0. The van der Waals surface area contributed by atoms with Gasteiger partial charge in [0.1, 0.15) is 5.76 Å². The molecule has 1 aromatic rings. The van der Waals surface area contributed by atoms with Crippen LogP contribution < -0.4 is 0 Å². The maximum Gasteiger partial charge on any atom is 0.276 e. The van der Waals surface area contributed by atoms with Crippen molar-refractivity contribution in [2.45, 2.75) is 26.4 Å². The topological polar surface area (TPSA) is 55.6 Å². The third-order valence-corrected chi connectivity index (χ3v) is 2.73. The summed E-state index contributed by atoms with van der Waals surface area (Å²) in [4.78, 5) is 13.8. The molecule has 2 heterocycles. The number of aromatic nitrogens is 1. The molecule has 0 aromatic carbocycles. The minimum Gasteiger partial charge on any atom is -0.375 e. The van der Waals surface area contributed by atoms with Crippen molar-refractivity contribution in [2.24, 2.45) is 0 Å². The molecule has 1 unspecified atom stereocenters. The third-order valence-electron chi connectivity index (χ3n) is 2.73. The molecule has 1 fully saturated rings. The molecule has 1 aliphatic rings. The van der Waals surface area contributed by atoms with Crippen LogP contribution in [0.25, 0.3) is 0 Å². The van der Waals surface area contributed by atoms with Crippen LogP contribution in [-0.2, 0) is 4.74 Å². The summed E-state index contributed by atoms with van der Waals surface area (Å²) in [6.07, 6.45) is 1.06. The van der Waals surface area contributed by atoms with Gasteiger partial charge < -0.3 is 14.2 Å². The smallest absolute Gasteiger partial charge is 0.276 e. The van der Waals surface area contributed by atoms with E-state index in [1.807, 2.05) is 0 Å². The standard InChI is InChI=1S/C11H16N2O3/c1-3-9-7-13(4-5-15-9)11(14)10-6-8(2)16-12-10/h6,9H,3-5,7H2,1-2H3. The summed E-state index contributed by atoms with van der Waals surface area (Å²) in [5.74, 6) is 0.585. The number of aryl methyl sites for hydroxylation is 1. The maximum absolute atomic E-state index is 12.0. The first-order valence-electron chi connectivity index (χ1n) is 5.55. The van der Waals surface area contributed by atoms with Gasteiger partial charge in [-0.15, -0.1) is 0 Å². The van der Waals surface area contributed by atoms with Crippen molar-refractivity contribution in [3.05, 3.63) is 17.5 Å². The first-order valence-corrected chi connectivity index (χ1v) is 5.55. The lowest BCUT2D eigenvalue weighted by Crippen LogP contribution is -2.45. The molecule has 1 aliphatic heterocycles. The number of rotatable bonds is 2. The molecule has 16 heavy (non-hydrogen) atoms. The molecule has 1 aromatic heterocycles. The Labute approximate surface area is 94.3 Å². The van der Waals surface area contributed by atoms with Crippen LogP contribution in [0.2, 0.25) is 0 Å². The molecule has 1 atom stereocenters. The molecule has 2 rings (SSSR count). The highest BCUT2D eigenvalue weighted by Crippen LogP contribution is 2.12. The third kappa shape index (κ3) is 2.24. The average Bonchev–Trinajstić information content (AvgIpc) is 2.75. The lowest BCUT2D eigenvalue weighted by atomic mass is 10.2. The Morgan fingerprint density at radius 2 is 2.50 bits per heavy atom. The molecule has 0 spiro atoms. The zero-order valence-electron chi connectivity index (χ0n) is 9.60. The van der Waals surface area contributed by atoms with E-state index >= 15 is 0 Å². The van der Waals surface area contributed by atoms with E-state index < -0.39 is 0 Å². The zero-order chi connectivity index (χ0) is 11.5. The van der Waals surface area contributed by atoms with E-state index in [9.17, 15) is 4.79 Å². The Morgan fingerprint density at radius 1 is 1.69 bits per heavy atom. The van der Waals surface area contributed by atoms with Gasteiger partial charge in [-0.05, 0) is 13.3 Å². The van der Waals surface area contributed by atoms with Crippen molar-refractivity contribution in [3.8, 4) is 0 Å². The summed E-state index contributed by atoms with van der Waals surface area (Å²) in [6.45, 7) is 5.69. The summed E-state index contributed by atoms with van der Waals surface area (Å²) in [6, 6.07) is 1.67. The number of amides is 1. The minimum atomic E-state index is -0.0707. The summed E-state index contributed by atoms with van der Waals surface area (Å²) < 4.78 is 10.4. The highest BCUT2D eigenvalue weighted by atomic mass is 16.5. The minimum absolute atomic E-state index is 0.0707. The van der Waals surface area contributed by atoms with Crippen molar-refractivity contribution in [3.63, 3.8) is 0 Å². The van der Waals surface area contributed by atoms with E-state index in [1.165, 1.54) is 0 Å². The van der Waals surface area contributed by atoms with Gasteiger partial charge in [0, 0.05) is 19.2 Å². The average molecular weight is 224 g/mol. The normalized spacial score (nSPS) is 21.1. The Balaban J connectivity index is 2.04. The van der Waals surface area contributed by atoms with Crippen LogP contribution in [0, 0.1) is 6.92 Å². The van der Waals surface area contributed by atoms with Crippen LogP contribution in [0.4, 0.5) is 0 Å². The van der Waals surface area contributed by atoms with Crippen LogP contribution in [0.3, 0.4) is 0 Å². The van der Waals surface area contributed by atoms with Crippen molar-refractivity contribution in [2.75, 3.05) is 19.7 Å². The fraction of sp³-hybridized carbons (Fsp3) is 0.636. The zero-order valence-corrected chi connectivity index (χ0v) is 9.60. The van der Waals surface area contributed by atoms with Gasteiger partial charge in [-0.2, -0.15) is 0 Å². The van der Waals surface area contributed by atoms with Gasteiger partial charge in [-0.1, -0.05) is 12.1 Å². The molecular weight excluding hydrogens is 208 g/mol. The number of morpholine rings is 1. The highest BCUT2D eigenvalue weighted by molar-refractivity contribution is 5.92. The molecule has 5 heteroatoms. The molecule has 0 saturated carbocycles. The fourth-order valence-electron chi connectivity index (χ4n) is 1.78. The SMILES string of the molecule is CCC1CN(C(=O)c2cc(C)on2)CCO1. The fourth-order valence-corrected chi connectivity index (χ4v) is 1.78. The monoisotopic (exact) mass is 224 g/mol. The van der Waals surface area contributed by atoms with E-state index in [2.05, 4.69) is 12.1 Å². The van der Waals surface area contributed by atoms with E-state index in [-0.39, 0.29) is 12.0 Å². The predicted octanol–water partition coefficient (Wildman–Crippen LogP) is 1.23. The van der Waals surface area contributed by atoms with Crippen LogP contribution >= 0.6 is 0 Å². The molecule has 5 nitrogen and oxygen atoms in total. The number of ether oxygens (including phenoxy) is 1. The van der Waals surface area contributed by atoms with Gasteiger partial charge in [0.05, 0.1) is 12.7 Å². The van der Waals surface area contributed by atoms with Crippen molar-refractivity contribution in [1.29, 1.82) is 0 Å². The second-order valence-corrected chi connectivity index (χ2v) is 3.98. The van der Waals surface area contributed by atoms with Crippen LogP contribution in [0.1, 0.15) is 29.6 Å². The van der Waals surface area contributed by atoms with Crippen LogP contribution in [0.5, 0.6) is 0 Å². The maximum atomic E-state index is 12.0. The molecule has 1 amide bonds. The predicted molar refractivity (Wildman–Crippen MR) is 57.2 cm³/mol. The molecule has 0 radical (unpaired) electrons. The quantitative estimate of drug-likeness (QED) is 0.758. The van der Waals surface area contributed by atoms with Gasteiger partial charge in [0.15, 0.2) is 5.69 Å². The first kappa shape index (κ1) is 11.1. The molecule has 0 aliphatic carbocycles. The Hall–Kier alpha value is -1.36. The number of nitrogens with zero attached hydrogens (tertiary/aromatic N) is 2. The number of carbonyl (C=O) groups excluding carboxylic acids is 1. The lowest BCUT2D eigenvalue weighted by Gasteiger charge is -2.31. The van der Waals surface area contributed by atoms with Gasteiger partial charge in [0.2, 0.25) is 0 Å². The molecular formula is C11H16N2O3. The molecule has 0 N–H and O–H groups in total. The van der Waals surface area contributed by atoms with E-state index in [4.69, 9.17) is 9.26 Å². The summed E-state index contributed by atoms with van der Waals surface area (Å²) in [5.41, 5.74) is 0.384. The molecule has 88 valence electrons. The van der Waals surface area contributed by atoms with Gasteiger partial charge >= 0.3 is 0 Å². The van der Waals surface area contributed by atoms with Crippen LogP contribution in [0.15, 0.2) is 10.6 Å². The lowest BCUT2D eigenvalue weighted by molar-refractivity contribution is -0.0229. The van der Waals surface area contributed by atoms with Gasteiger partial charge in [-0.3, -0.25) is 4.79 Å². The Bertz CT molecular complexity index is 375. The highest BCUT2D eigenvalue weighted by Gasteiger charge is 2.25. The Morgan fingerprint density at radius 3 is 3.12 bits per heavy atom. The van der Waals surface area contributed by atoms with E-state index in [0.717, 1.165) is 6.42 Å². The first-order chi connectivity index (χ1) is 7.70. The van der Waals surface area contributed by atoms with Crippen LogP contribution in [-0.4, -0.2) is 41.8 Å². The van der Waals surface area contributed by atoms with E-state index in [0.29, 0.717) is 31.2 Å². The summed E-state index contributed by atoms with van der Waals surface area (Å²) >= 11 is 0. The number of hydrogen-bond acceptors (Lipinski definition) is 4. The largest absolute Gasteiger partial charge is 0.375 e. The van der Waals surface area contributed by atoms with Crippen molar-refractivity contribution < 1.29 is 14.1 Å². The number of hydrogen-bond donors (Lipinski definition) is 0. The van der Waals surface area contributed by atoms with Gasteiger partial charge in [0.25, 0.3) is 5.91 Å². The Kier molecular flexibility index (Phi) is 3.24. The molecule has 0 bridgehead atoms. The molecule has 1 saturated heterocycles. The summed E-state index contributed by atoms with van der Waals surface area (Å²) in [5, 5.41) is 3.73. The van der Waals surface area contributed by atoms with Crippen molar-refractivity contribution in [1.82, 2.24) is 10.1 Å². The van der Waals surface area contributed by atoms with Gasteiger partial charge in [-0.25, -0.2) is 0 Å². The second kappa shape index (κ2) is 4.65. The van der Waals surface area contributed by atoms with E-state index in [1.54, 1.807) is 17.9 Å².